The van der Waals surface area contributed by atoms with Crippen molar-refractivity contribution in [2.45, 2.75) is 13.1 Å². The van der Waals surface area contributed by atoms with E-state index in [9.17, 15) is 0 Å². The third-order valence-corrected chi connectivity index (χ3v) is 2.72. The number of hydrogen-bond donors (Lipinski definition) is 2. The molecule has 1 aromatic heterocycles. The largest absolute Gasteiger partial charge is 0.395 e. The maximum absolute atomic E-state index is 8.95. The molecule has 15 heavy (non-hydrogen) atoms. The molecule has 0 atom stereocenters. The highest BCUT2D eigenvalue weighted by molar-refractivity contribution is 6.31. The van der Waals surface area contributed by atoms with E-state index in [0.29, 0.717) is 18.1 Å². The molecule has 0 bridgehead atoms. The molecule has 0 aliphatic heterocycles. The number of aliphatic hydroxyl groups is 1. The number of nitrogens with two attached hydrogens (primary N) is 1. The molecule has 0 aliphatic carbocycles. The van der Waals surface area contributed by atoms with Gasteiger partial charge >= 0.3 is 0 Å². The van der Waals surface area contributed by atoms with Crippen molar-refractivity contribution >= 4 is 22.5 Å². The Balaban J connectivity index is 2.64. The summed E-state index contributed by atoms with van der Waals surface area (Å²) in [4.78, 5) is 0. The third kappa shape index (κ3) is 1.86. The molecule has 3 N–H and O–H groups in total. The van der Waals surface area contributed by atoms with Gasteiger partial charge in [-0.05, 0) is 17.7 Å². The van der Waals surface area contributed by atoms with E-state index in [0.717, 1.165) is 16.5 Å². The predicted octanol–water partition coefficient (Wildman–Crippen LogP) is 1.75. The highest BCUT2D eigenvalue weighted by Crippen LogP contribution is 2.24. The minimum Gasteiger partial charge on any atom is -0.395 e. The molecule has 0 amide bonds. The van der Waals surface area contributed by atoms with Gasteiger partial charge in [-0.15, -0.1) is 0 Å². The summed E-state index contributed by atoms with van der Waals surface area (Å²) in [7, 11) is 0. The number of rotatable bonds is 3. The number of halogens is 1. The average molecular weight is 225 g/mol. The smallest absolute Gasteiger partial charge is 0.0610 e. The predicted molar refractivity (Wildman–Crippen MR) is 61.9 cm³/mol. The summed E-state index contributed by atoms with van der Waals surface area (Å²) in [6.45, 7) is 1.17. The first-order valence-corrected chi connectivity index (χ1v) is 5.22. The van der Waals surface area contributed by atoms with E-state index in [1.165, 1.54) is 0 Å². The molecule has 0 aliphatic rings. The van der Waals surface area contributed by atoms with Gasteiger partial charge in [0.05, 0.1) is 6.61 Å². The first-order valence-electron chi connectivity index (χ1n) is 4.84. The maximum atomic E-state index is 8.95. The topological polar surface area (TPSA) is 51.2 Å². The standard InChI is InChI=1S/C11H13ClN2O/c12-9-1-2-10-8(6-13)7-14(3-4-15)11(10)5-9/h1-2,5,7,15H,3-4,6,13H2. The summed E-state index contributed by atoms with van der Waals surface area (Å²) in [5, 5.41) is 10.7. The van der Waals surface area contributed by atoms with Crippen LogP contribution in [0.3, 0.4) is 0 Å². The SMILES string of the molecule is NCc1cn(CCO)c2cc(Cl)ccc12. The Morgan fingerprint density at radius 2 is 2.20 bits per heavy atom. The van der Waals surface area contributed by atoms with Crippen molar-refractivity contribution in [3.8, 4) is 0 Å². The fourth-order valence-corrected chi connectivity index (χ4v) is 1.96. The number of hydrogen-bond acceptors (Lipinski definition) is 2. The Morgan fingerprint density at radius 3 is 2.87 bits per heavy atom. The quantitative estimate of drug-likeness (QED) is 0.835. The molecule has 2 rings (SSSR count). The van der Waals surface area contributed by atoms with Crippen molar-refractivity contribution in [2.24, 2.45) is 5.73 Å². The lowest BCUT2D eigenvalue weighted by atomic mass is 10.2. The van der Waals surface area contributed by atoms with Crippen LogP contribution in [-0.2, 0) is 13.1 Å². The van der Waals surface area contributed by atoms with Crippen LogP contribution >= 0.6 is 11.6 Å². The van der Waals surface area contributed by atoms with Crippen molar-refractivity contribution in [2.75, 3.05) is 6.61 Å². The maximum Gasteiger partial charge on any atom is 0.0610 e. The number of aromatic nitrogens is 1. The van der Waals surface area contributed by atoms with Gasteiger partial charge in [-0.1, -0.05) is 17.7 Å². The summed E-state index contributed by atoms with van der Waals surface area (Å²) >= 11 is 5.94. The molecule has 0 radical (unpaired) electrons. The summed E-state index contributed by atoms with van der Waals surface area (Å²) in [6.07, 6.45) is 1.97. The highest BCUT2D eigenvalue weighted by Gasteiger charge is 2.07. The van der Waals surface area contributed by atoms with Gasteiger partial charge in [-0.3, -0.25) is 0 Å². The molecule has 1 heterocycles. The van der Waals surface area contributed by atoms with Gasteiger partial charge in [0.1, 0.15) is 0 Å². The Labute approximate surface area is 93.1 Å². The minimum atomic E-state index is 0.111. The molecule has 0 saturated heterocycles. The highest BCUT2D eigenvalue weighted by atomic mass is 35.5. The summed E-state index contributed by atoms with van der Waals surface area (Å²) in [6, 6.07) is 5.71. The van der Waals surface area contributed by atoms with Crippen molar-refractivity contribution < 1.29 is 5.11 Å². The van der Waals surface area contributed by atoms with Gasteiger partial charge < -0.3 is 15.4 Å². The Bertz CT molecular complexity index is 479. The number of nitrogens with zero attached hydrogens (tertiary/aromatic N) is 1. The molecule has 0 saturated carbocycles. The van der Waals surface area contributed by atoms with E-state index in [-0.39, 0.29) is 6.61 Å². The van der Waals surface area contributed by atoms with E-state index in [4.69, 9.17) is 22.4 Å². The lowest BCUT2D eigenvalue weighted by molar-refractivity contribution is 0.278. The third-order valence-electron chi connectivity index (χ3n) is 2.49. The average Bonchev–Trinajstić information content (AvgIpc) is 2.57. The van der Waals surface area contributed by atoms with Gasteiger partial charge in [-0.25, -0.2) is 0 Å². The number of benzene rings is 1. The second-order valence-corrected chi connectivity index (χ2v) is 3.87. The van der Waals surface area contributed by atoms with Gasteiger partial charge in [0.15, 0.2) is 0 Å². The summed E-state index contributed by atoms with van der Waals surface area (Å²) in [5.41, 5.74) is 7.76. The van der Waals surface area contributed by atoms with Crippen LogP contribution in [0.15, 0.2) is 24.4 Å². The molecule has 0 spiro atoms. The van der Waals surface area contributed by atoms with Gasteiger partial charge in [0.2, 0.25) is 0 Å². The zero-order valence-corrected chi connectivity index (χ0v) is 9.04. The van der Waals surface area contributed by atoms with Crippen LogP contribution in [0.5, 0.6) is 0 Å². The molecule has 0 fully saturated rings. The second kappa shape index (κ2) is 4.23. The molecular weight excluding hydrogens is 212 g/mol. The van der Waals surface area contributed by atoms with Gasteiger partial charge in [0, 0.05) is 35.2 Å². The van der Waals surface area contributed by atoms with Crippen LogP contribution in [0.4, 0.5) is 0 Å². The second-order valence-electron chi connectivity index (χ2n) is 3.44. The van der Waals surface area contributed by atoms with E-state index < -0.39 is 0 Å². The molecule has 4 heteroatoms. The fourth-order valence-electron chi connectivity index (χ4n) is 1.80. The van der Waals surface area contributed by atoms with Crippen LogP contribution in [0.1, 0.15) is 5.56 Å². The van der Waals surface area contributed by atoms with E-state index in [1.54, 1.807) is 0 Å². The molecule has 80 valence electrons. The van der Waals surface area contributed by atoms with Crippen LogP contribution in [0.2, 0.25) is 5.02 Å². The first kappa shape index (κ1) is 10.5. The molecule has 3 nitrogen and oxygen atoms in total. The van der Waals surface area contributed by atoms with Crippen molar-refractivity contribution in [3.05, 3.63) is 35.0 Å². The zero-order chi connectivity index (χ0) is 10.8. The van der Waals surface area contributed by atoms with Crippen LogP contribution < -0.4 is 5.73 Å². The van der Waals surface area contributed by atoms with Gasteiger partial charge in [0.25, 0.3) is 0 Å². The minimum absolute atomic E-state index is 0.111. The Morgan fingerprint density at radius 1 is 1.40 bits per heavy atom. The zero-order valence-electron chi connectivity index (χ0n) is 8.28. The lowest BCUT2D eigenvalue weighted by Gasteiger charge is -2.01. The number of aliphatic hydroxyl groups excluding tert-OH is 1. The first-order chi connectivity index (χ1) is 7.26. The molecule has 0 unspecified atom stereocenters. The van der Waals surface area contributed by atoms with E-state index >= 15 is 0 Å². The Hall–Kier alpha value is -1.03. The Kier molecular flexibility index (Phi) is 2.95. The van der Waals surface area contributed by atoms with Crippen molar-refractivity contribution in [1.29, 1.82) is 0 Å². The van der Waals surface area contributed by atoms with Gasteiger partial charge in [-0.2, -0.15) is 0 Å². The van der Waals surface area contributed by atoms with Crippen LogP contribution in [0, 0.1) is 0 Å². The lowest BCUT2D eigenvalue weighted by Crippen LogP contribution is -2.00. The normalized spacial score (nSPS) is 11.1. The fraction of sp³-hybridized carbons (Fsp3) is 0.273. The van der Waals surface area contributed by atoms with Crippen LogP contribution in [0.25, 0.3) is 10.9 Å². The van der Waals surface area contributed by atoms with E-state index in [1.807, 2.05) is 29.0 Å². The molecular formula is C11H13ClN2O. The summed E-state index contributed by atoms with van der Waals surface area (Å²) in [5.74, 6) is 0. The number of fused-ring (bicyclic) bond motifs is 1. The molecule has 1 aromatic carbocycles. The monoisotopic (exact) mass is 224 g/mol. The van der Waals surface area contributed by atoms with E-state index in [2.05, 4.69) is 0 Å². The van der Waals surface area contributed by atoms with Crippen molar-refractivity contribution in [3.63, 3.8) is 0 Å². The van der Waals surface area contributed by atoms with Crippen molar-refractivity contribution in [1.82, 2.24) is 4.57 Å². The summed E-state index contributed by atoms with van der Waals surface area (Å²) < 4.78 is 1.98. The molecule has 2 aromatic rings. The van der Waals surface area contributed by atoms with Crippen LogP contribution in [-0.4, -0.2) is 16.3 Å².